The number of alkyl halides is 3. The van der Waals surface area contributed by atoms with Crippen LogP contribution < -0.4 is 5.32 Å². The summed E-state index contributed by atoms with van der Waals surface area (Å²) in [6, 6.07) is 4.64. The van der Waals surface area contributed by atoms with E-state index in [1.807, 2.05) is 6.92 Å². The lowest BCUT2D eigenvalue weighted by Crippen LogP contribution is -2.18. The van der Waals surface area contributed by atoms with Gasteiger partial charge in [-0.3, -0.25) is 0 Å². The summed E-state index contributed by atoms with van der Waals surface area (Å²) >= 11 is 0. The van der Waals surface area contributed by atoms with Crippen molar-refractivity contribution in [1.29, 1.82) is 0 Å². The first kappa shape index (κ1) is 14.8. The minimum absolute atomic E-state index is 0.0139. The van der Waals surface area contributed by atoms with Crippen LogP contribution in [0, 0.1) is 12.7 Å². The van der Waals surface area contributed by atoms with E-state index >= 15 is 0 Å². The second kappa shape index (κ2) is 6.58. The first-order valence-electron chi connectivity index (χ1n) is 5.53. The smallest absolute Gasteiger partial charge is 0.383 e. The van der Waals surface area contributed by atoms with Crippen LogP contribution in [0.4, 0.5) is 23.2 Å². The average molecular weight is 265 g/mol. The molecule has 0 aliphatic carbocycles. The van der Waals surface area contributed by atoms with Gasteiger partial charge >= 0.3 is 6.18 Å². The summed E-state index contributed by atoms with van der Waals surface area (Å²) in [5.41, 5.74) is 1.26. The van der Waals surface area contributed by atoms with Crippen molar-refractivity contribution in [1.82, 2.24) is 0 Å². The molecule has 0 unspecified atom stereocenters. The van der Waals surface area contributed by atoms with Gasteiger partial charge in [0.2, 0.25) is 0 Å². The van der Waals surface area contributed by atoms with Gasteiger partial charge in [0.05, 0.1) is 5.69 Å². The highest BCUT2D eigenvalue weighted by Crippen LogP contribution is 2.16. The monoisotopic (exact) mass is 265 g/mol. The molecule has 1 aromatic rings. The third-order valence-corrected chi connectivity index (χ3v) is 2.17. The van der Waals surface area contributed by atoms with Crippen LogP contribution in [-0.4, -0.2) is 25.9 Å². The Labute approximate surface area is 103 Å². The fourth-order valence-electron chi connectivity index (χ4n) is 1.36. The molecule has 102 valence electrons. The Balaban J connectivity index is 2.20. The van der Waals surface area contributed by atoms with Gasteiger partial charge in [0.25, 0.3) is 0 Å². The molecule has 0 aromatic heterocycles. The van der Waals surface area contributed by atoms with Gasteiger partial charge in [0.1, 0.15) is 12.4 Å². The lowest BCUT2D eigenvalue weighted by molar-refractivity contribution is -0.173. The largest absolute Gasteiger partial charge is 0.411 e. The summed E-state index contributed by atoms with van der Waals surface area (Å²) in [7, 11) is 0. The molecule has 0 aliphatic heterocycles. The summed E-state index contributed by atoms with van der Waals surface area (Å²) in [5, 5.41) is 2.82. The number of benzene rings is 1. The zero-order valence-corrected chi connectivity index (χ0v) is 9.98. The summed E-state index contributed by atoms with van der Waals surface area (Å²) in [6.45, 7) is 0.932. The summed E-state index contributed by atoms with van der Waals surface area (Å²) < 4.78 is 52.9. The lowest BCUT2D eigenvalue weighted by Gasteiger charge is -2.10. The van der Waals surface area contributed by atoms with Crippen LogP contribution in [0.25, 0.3) is 0 Å². The van der Waals surface area contributed by atoms with Gasteiger partial charge in [-0.15, -0.1) is 0 Å². The third-order valence-electron chi connectivity index (χ3n) is 2.17. The van der Waals surface area contributed by atoms with E-state index in [0.717, 1.165) is 5.56 Å². The van der Waals surface area contributed by atoms with Crippen molar-refractivity contribution in [3.63, 3.8) is 0 Å². The Kier molecular flexibility index (Phi) is 5.40. The minimum atomic E-state index is -4.30. The van der Waals surface area contributed by atoms with Crippen molar-refractivity contribution in [3.8, 4) is 0 Å². The van der Waals surface area contributed by atoms with Gasteiger partial charge in [0.15, 0.2) is 0 Å². The molecule has 0 aliphatic rings. The van der Waals surface area contributed by atoms with E-state index in [-0.39, 0.29) is 12.4 Å². The maximum Gasteiger partial charge on any atom is 0.411 e. The number of aryl methyl sites for hydroxylation is 1. The van der Waals surface area contributed by atoms with Gasteiger partial charge in [0, 0.05) is 13.2 Å². The van der Waals surface area contributed by atoms with Gasteiger partial charge in [-0.2, -0.15) is 13.2 Å². The standard InChI is InChI=1S/C12H15F4NO/c1-9-3-4-10(13)11(7-9)17-5-2-6-18-8-12(14,15)16/h3-4,7,17H,2,5-6,8H2,1H3. The summed E-state index contributed by atoms with van der Waals surface area (Å²) in [6.07, 6.45) is -3.92. The quantitative estimate of drug-likeness (QED) is 0.627. The Morgan fingerprint density at radius 1 is 1.28 bits per heavy atom. The number of ether oxygens (including phenoxy) is 1. The lowest BCUT2D eigenvalue weighted by atomic mass is 10.2. The van der Waals surface area contributed by atoms with E-state index in [0.29, 0.717) is 18.7 Å². The fourth-order valence-corrected chi connectivity index (χ4v) is 1.36. The van der Waals surface area contributed by atoms with Crippen molar-refractivity contribution in [3.05, 3.63) is 29.6 Å². The molecular weight excluding hydrogens is 250 g/mol. The average Bonchev–Trinajstić information content (AvgIpc) is 2.26. The van der Waals surface area contributed by atoms with Crippen LogP contribution >= 0.6 is 0 Å². The van der Waals surface area contributed by atoms with Crippen LogP contribution in [0.2, 0.25) is 0 Å². The van der Waals surface area contributed by atoms with E-state index in [1.54, 1.807) is 12.1 Å². The number of hydrogen-bond acceptors (Lipinski definition) is 2. The fraction of sp³-hybridized carbons (Fsp3) is 0.500. The molecule has 0 fully saturated rings. The third kappa shape index (κ3) is 5.86. The van der Waals surface area contributed by atoms with Crippen molar-refractivity contribution >= 4 is 5.69 Å². The molecule has 0 amide bonds. The van der Waals surface area contributed by atoms with Crippen LogP contribution in [0.1, 0.15) is 12.0 Å². The molecule has 1 aromatic carbocycles. The maximum absolute atomic E-state index is 13.3. The normalized spacial score (nSPS) is 11.6. The van der Waals surface area contributed by atoms with Crippen molar-refractivity contribution < 1.29 is 22.3 Å². The Morgan fingerprint density at radius 3 is 2.67 bits per heavy atom. The first-order chi connectivity index (χ1) is 8.38. The van der Waals surface area contributed by atoms with E-state index in [1.165, 1.54) is 6.07 Å². The Bertz CT molecular complexity index is 379. The molecule has 1 N–H and O–H groups in total. The highest BCUT2D eigenvalue weighted by atomic mass is 19.4. The van der Waals surface area contributed by atoms with Crippen LogP contribution in [-0.2, 0) is 4.74 Å². The molecule has 0 heterocycles. The topological polar surface area (TPSA) is 21.3 Å². The van der Waals surface area contributed by atoms with E-state index in [2.05, 4.69) is 10.1 Å². The van der Waals surface area contributed by atoms with Crippen LogP contribution in [0.3, 0.4) is 0 Å². The molecule has 0 atom stereocenters. The second-order valence-corrected chi connectivity index (χ2v) is 3.93. The number of nitrogens with one attached hydrogen (secondary N) is 1. The highest BCUT2D eigenvalue weighted by molar-refractivity contribution is 5.46. The second-order valence-electron chi connectivity index (χ2n) is 3.93. The molecule has 0 saturated carbocycles. The number of anilines is 1. The molecule has 0 saturated heterocycles. The van der Waals surface area contributed by atoms with Crippen LogP contribution in [0.5, 0.6) is 0 Å². The molecular formula is C12H15F4NO. The molecule has 0 spiro atoms. The zero-order valence-electron chi connectivity index (χ0n) is 9.98. The van der Waals surface area contributed by atoms with Gasteiger partial charge in [-0.1, -0.05) is 6.07 Å². The maximum atomic E-state index is 13.3. The predicted octanol–water partition coefficient (Wildman–Crippen LogP) is 3.52. The molecule has 0 bridgehead atoms. The highest BCUT2D eigenvalue weighted by Gasteiger charge is 2.27. The zero-order chi connectivity index (χ0) is 13.6. The van der Waals surface area contributed by atoms with Crippen molar-refractivity contribution in [2.45, 2.75) is 19.5 Å². The Morgan fingerprint density at radius 2 is 2.00 bits per heavy atom. The van der Waals surface area contributed by atoms with Crippen LogP contribution in [0.15, 0.2) is 18.2 Å². The summed E-state index contributed by atoms with van der Waals surface area (Å²) in [5.74, 6) is -0.378. The minimum Gasteiger partial charge on any atom is -0.383 e. The van der Waals surface area contributed by atoms with E-state index in [4.69, 9.17) is 0 Å². The molecule has 18 heavy (non-hydrogen) atoms. The molecule has 2 nitrogen and oxygen atoms in total. The van der Waals surface area contributed by atoms with E-state index < -0.39 is 12.8 Å². The van der Waals surface area contributed by atoms with E-state index in [9.17, 15) is 17.6 Å². The Hall–Kier alpha value is -1.30. The SMILES string of the molecule is Cc1ccc(F)c(NCCCOCC(F)(F)F)c1. The number of halogens is 4. The molecule has 0 radical (unpaired) electrons. The van der Waals surface area contributed by atoms with Crippen molar-refractivity contribution in [2.75, 3.05) is 25.1 Å². The first-order valence-corrected chi connectivity index (χ1v) is 5.53. The molecule has 6 heteroatoms. The van der Waals surface area contributed by atoms with Gasteiger partial charge < -0.3 is 10.1 Å². The van der Waals surface area contributed by atoms with Gasteiger partial charge in [-0.25, -0.2) is 4.39 Å². The number of rotatable bonds is 6. The van der Waals surface area contributed by atoms with Crippen molar-refractivity contribution in [2.24, 2.45) is 0 Å². The molecule has 1 rings (SSSR count). The summed E-state index contributed by atoms with van der Waals surface area (Å²) in [4.78, 5) is 0. The number of hydrogen-bond donors (Lipinski definition) is 1. The predicted molar refractivity (Wildman–Crippen MR) is 61.1 cm³/mol. The van der Waals surface area contributed by atoms with Gasteiger partial charge in [-0.05, 0) is 31.0 Å².